The van der Waals surface area contributed by atoms with Crippen molar-refractivity contribution >= 4 is 16.8 Å². The van der Waals surface area contributed by atoms with Gasteiger partial charge in [-0.1, -0.05) is 12.1 Å². The van der Waals surface area contributed by atoms with Crippen molar-refractivity contribution in [2.75, 3.05) is 0 Å². The first-order valence-corrected chi connectivity index (χ1v) is 6.51. The number of aryl methyl sites for hydroxylation is 1. The molecule has 0 heterocycles. The molecular formula is C12H14O3S. The predicted octanol–water partition coefficient (Wildman–Crippen LogP) is 1.97. The highest BCUT2D eigenvalue weighted by Crippen LogP contribution is 2.37. The summed E-state index contributed by atoms with van der Waals surface area (Å²) < 4.78 is 12.2. The zero-order valence-electron chi connectivity index (χ0n) is 9.05. The molecule has 0 amide bonds. The van der Waals surface area contributed by atoms with Crippen LogP contribution in [0.4, 0.5) is 0 Å². The summed E-state index contributed by atoms with van der Waals surface area (Å²) in [7, 11) is -1.43. The molecule has 1 N–H and O–H groups in total. The highest BCUT2D eigenvalue weighted by atomic mass is 32.2. The fourth-order valence-corrected chi connectivity index (χ4v) is 3.37. The lowest BCUT2D eigenvalue weighted by Gasteiger charge is -2.11. The summed E-state index contributed by atoms with van der Waals surface area (Å²) in [6, 6.07) is 7.26. The molecule has 0 radical (unpaired) electrons. The second kappa shape index (κ2) is 4.37. The van der Waals surface area contributed by atoms with Crippen LogP contribution in [0.5, 0.6) is 0 Å². The number of hydrogen-bond acceptors (Lipinski definition) is 2. The van der Waals surface area contributed by atoms with Gasteiger partial charge in [0.25, 0.3) is 0 Å². The maximum Gasteiger partial charge on any atom is 0.319 e. The Morgan fingerprint density at radius 3 is 2.69 bits per heavy atom. The van der Waals surface area contributed by atoms with Crippen LogP contribution in [0.15, 0.2) is 29.2 Å². The number of benzene rings is 1. The van der Waals surface area contributed by atoms with Crippen molar-refractivity contribution in [3.8, 4) is 0 Å². The maximum absolute atomic E-state index is 12.2. The van der Waals surface area contributed by atoms with Gasteiger partial charge in [0.2, 0.25) is 0 Å². The van der Waals surface area contributed by atoms with Crippen molar-refractivity contribution < 1.29 is 14.1 Å². The molecule has 0 aliphatic heterocycles. The standard InChI is InChI=1S/C12H14O3S/c1-8-3-2-4-10(7-8)16(15)11(12(13)14)9-5-6-9/h2-4,7,9,11H,5-6H2,1H3,(H,13,14). The fourth-order valence-electron chi connectivity index (χ4n) is 1.75. The van der Waals surface area contributed by atoms with E-state index in [2.05, 4.69) is 0 Å². The average Bonchev–Trinajstić information content (AvgIpc) is 3.01. The molecular weight excluding hydrogens is 224 g/mol. The number of carboxylic acids is 1. The number of carbonyl (C=O) groups is 1. The van der Waals surface area contributed by atoms with Gasteiger partial charge in [0, 0.05) is 4.90 Å². The van der Waals surface area contributed by atoms with Gasteiger partial charge < -0.3 is 5.11 Å². The van der Waals surface area contributed by atoms with Gasteiger partial charge in [-0.25, -0.2) is 0 Å². The highest BCUT2D eigenvalue weighted by Gasteiger charge is 2.40. The Labute approximate surface area is 96.9 Å². The minimum absolute atomic E-state index is 0.0962. The second-order valence-electron chi connectivity index (χ2n) is 4.21. The molecule has 3 nitrogen and oxygen atoms in total. The van der Waals surface area contributed by atoms with Gasteiger partial charge in [0.15, 0.2) is 0 Å². The molecule has 1 aromatic carbocycles. The molecule has 16 heavy (non-hydrogen) atoms. The summed E-state index contributed by atoms with van der Waals surface area (Å²) in [6.07, 6.45) is 1.77. The van der Waals surface area contributed by atoms with E-state index < -0.39 is 22.0 Å². The molecule has 2 rings (SSSR count). The first-order valence-electron chi connectivity index (χ1n) is 5.29. The normalized spacial score (nSPS) is 19.1. The van der Waals surface area contributed by atoms with Gasteiger partial charge >= 0.3 is 5.97 Å². The van der Waals surface area contributed by atoms with Crippen LogP contribution < -0.4 is 0 Å². The third-order valence-corrected chi connectivity index (χ3v) is 4.51. The molecule has 1 saturated carbocycles. The minimum Gasteiger partial charge on any atom is -0.480 e. The van der Waals surface area contributed by atoms with E-state index >= 15 is 0 Å². The lowest BCUT2D eigenvalue weighted by molar-refractivity contribution is -0.136. The molecule has 2 unspecified atom stereocenters. The number of rotatable bonds is 4. The molecule has 1 aliphatic carbocycles. The van der Waals surface area contributed by atoms with Crippen LogP contribution in [0.2, 0.25) is 0 Å². The van der Waals surface area contributed by atoms with Gasteiger partial charge in [-0.15, -0.1) is 0 Å². The molecule has 0 spiro atoms. The molecule has 1 aromatic rings. The highest BCUT2D eigenvalue weighted by molar-refractivity contribution is 7.86. The first kappa shape index (κ1) is 11.3. The lowest BCUT2D eigenvalue weighted by Crippen LogP contribution is -2.27. The molecule has 4 heteroatoms. The Kier molecular flexibility index (Phi) is 3.10. The Hall–Kier alpha value is -1.16. The van der Waals surface area contributed by atoms with Crippen molar-refractivity contribution in [3.05, 3.63) is 29.8 Å². The van der Waals surface area contributed by atoms with E-state index in [1.54, 1.807) is 12.1 Å². The van der Waals surface area contributed by atoms with Crippen molar-refractivity contribution in [2.24, 2.45) is 5.92 Å². The smallest absolute Gasteiger partial charge is 0.319 e. The monoisotopic (exact) mass is 238 g/mol. The van der Waals surface area contributed by atoms with E-state index in [0.29, 0.717) is 4.90 Å². The Balaban J connectivity index is 2.26. The Morgan fingerprint density at radius 2 is 2.19 bits per heavy atom. The van der Waals surface area contributed by atoms with E-state index in [1.165, 1.54) is 0 Å². The van der Waals surface area contributed by atoms with Crippen molar-refractivity contribution in [1.29, 1.82) is 0 Å². The molecule has 2 atom stereocenters. The van der Waals surface area contributed by atoms with Gasteiger partial charge in [-0.3, -0.25) is 9.00 Å². The van der Waals surface area contributed by atoms with Crippen LogP contribution in [0.25, 0.3) is 0 Å². The third kappa shape index (κ3) is 2.32. The van der Waals surface area contributed by atoms with Gasteiger partial charge in [-0.05, 0) is 43.4 Å². The summed E-state index contributed by atoms with van der Waals surface area (Å²) in [4.78, 5) is 11.7. The van der Waals surface area contributed by atoms with Gasteiger partial charge in [0.1, 0.15) is 5.25 Å². The number of carboxylic acid groups (broad SMARTS) is 1. The van der Waals surface area contributed by atoms with E-state index in [1.807, 2.05) is 19.1 Å². The summed E-state index contributed by atoms with van der Waals surface area (Å²) >= 11 is 0. The van der Waals surface area contributed by atoms with Gasteiger partial charge in [0.05, 0.1) is 10.8 Å². The van der Waals surface area contributed by atoms with Gasteiger partial charge in [-0.2, -0.15) is 0 Å². The Morgan fingerprint density at radius 1 is 1.50 bits per heavy atom. The van der Waals surface area contributed by atoms with Crippen LogP contribution >= 0.6 is 0 Å². The predicted molar refractivity (Wildman–Crippen MR) is 61.7 cm³/mol. The SMILES string of the molecule is Cc1cccc(S(=O)C(C(=O)O)C2CC2)c1. The van der Waals surface area contributed by atoms with Crippen molar-refractivity contribution in [2.45, 2.75) is 29.9 Å². The first-order chi connectivity index (χ1) is 7.59. The van der Waals surface area contributed by atoms with E-state index in [9.17, 15) is 9.00 Å². The van der Waals surface area contributed by atoms with Crippen LogP contribution in [0.3, 0.4) is 0 Å². The second-order valence-corrected chi connectivity index (χ2v) is 5.78. The van der Waals surface area contributed by atoms with Crippen LogP contribution in [0, 0.1) is 12.8 Å². The molecule has 1 aliphatic rings. The summed E-state index contributed by atoms with van der Waals surface area (Å²) in [5.41, 5.74) is 1.01. The molecule has 0 bridgehead atoms. The zero-order chi connectivity index (χ0) is 11.7. The van der Waals surface area contributed by atoms with Crippen molar-refractivity contribution in [3.63, 3.8) is 0 Å². The molecule has 1 fully saturated rings. The quantitative estimate of drug-likeness (QED) is 0.872. The minimum atomic E-state index is -1.43. The zero-order valence-corrected chi connectivity index (χ0v) is 9.87. The average molecular weight is 238 g/mol. The van der Waals surface area contributed by atoms with Crippen LogP contribution in [-0.4, -0.2) is 20.5 Å². The Bertz CT molecular complexity index is 438. The summed E-state index contributed by atoms with van der Waals surface area (Å²) in [5, 5.41) is 8.36. The van der Waals surface area contributed by atoms with Crippen molar-refractivity contribution in [1.82, 2.24) is 0 Å². The van der Waals surface area contributed by atoms with E-state index in [4.69, 9.17) is 5.11 Å². The summed E-state index contributed by atoms with van der Waals surface area (Å²) in [5.74, 6) is -0.846. The topological polar surface area (TPSA) is 54.4 Å². The maximum atomic E-state index is 12.2. The number of aliphatic carboxylic acids is 1. The van der Waals surface area contributed by atoms with Crippen LogP contribution in [-0.2, 0) is 15.6 Å². The lowest BCUT2D eigenvalue weighted by atomic mass is 10.2. The van der Waals surface area contributed by atoms with Crippen LogP contribution in [0.1, 0.15) is 18.4 Å². The number of hydrogen-bond donors (Lipinski definition) is 1. The van der Waals surface area contributed by atoms with E-state index in [0.717, 1.165) is 18.4 Å². The largest absolute Gasteiger partial charge is 0.480 e. The summed E-state index contributed by atoms with van der Waals surface area (Å²) in [6.45, 7) is 1.91. The molecule has 86 valence electrons. The molecule has 0 saturated heterocycles. The van der Waals surface area contributed by atoms with E-state index in [-0.39, 0.29) is 5.92 Å². The third-order valence-electron chi connectivity index (χ3n) is 2.75. The molecule has 0 aromatic heterocycles. The fraction of sp³-hybridized carbons (Fsp3) is 0.417.